The normalized spacial score (nSPS) is 17.1. The molecule has 2 heteroatoms. The Morgan fingerprint density at radius 2 is 1.86 bits per heavy atom. The average Bonchev–Trinajstić information content (AvgIpc) is 2.72. The lowest BCUT2D eigenvalue weighted by molar-refractivity contribution is -0.0362. The summed E-state index contributed by atoms with van der Waals surface area (Å²) in [6.45, 7) is 5.43. The summed E-state index contributed by atoms with van der Waals surface area (Å²) >= 11 is 0. The van der Waals surface area contributed by atoms with E-state index in [0.29, 0.717) is 13.2 Å². The maximum Gasteiger partial charge on any atom is 0.161 e. The maximum atomic E-state index is 5.36. The van der Waals surface area contributed by atoms with Gasteiger partial charge < -0.3 is 9.47 Å². The van der Waals surface area contributed by atoms with E-state index in [2.05, 4.69) is 18.7 Å². The second-order valence-corrected chi connectivity index (χ2v) is 3.34. The van der Waals surface area contributed by atoms with Gasteiger partial charge in [-0.2, -0.15) is 0 Å². The Morgan fingerprint density at radius 1 is 1.21 bits per heavy atom. The Labute approximate surface area is 84.2 Å². The lowest BCUT2D eigenvalue weighted by atomic mass is 10.0. The first-order valence-electron chi connectivity index (χ1n) is 4.82. The Hall–Kier alpha value is -1.12. The summed E-state index contributed by atoms with van der Waals surface area (Å²) in [7, 11) is 0. The van der Waals surface area contributed by atoms with E-state index in [0.717, 1.165) is 17.6 Å². The average molecular weight is 190 g/mol. The predicted octanol–water partition coefficient (Wildman–Crippen LogP) is 2.46. The van der Waals surface area contributed by atoms with Crippen molar-refractivity contribution in [2.75, 3.05) is 13.2 Å². The summed E-state index contributed by atoms with van der Waals surface area (Å²) in [5.74, 6) is 0. The summed E-state index contributed by atoms with van der Waals surface area (Å²) in [6, 6.07) is 10.1. The van der Waals surface area contributed by atoms with Crippen molar-refractivity contribution in [2.45, 2.75) is 12.7 Å². The highest BCUT2D eigenvalue weighted by molar-refractivity contribution is 5.63. The third-order valence-corrected chi connectivity index (χ3v) is 2.29. The van der Waals surface area contributed by atoms with Gasteiger partial charge in [0.2, 0.25) is 0 Å². The molecule has 1 aromatic carbocycles. The van der Waals surface area contributed by atoms with E-state index < -0.39 is 0 Å². The van der Waals surface area contributed by atoms with Crippen LogP contribution in [0.1, 0.15) is 12.0 Å². The smallest absolute Gasteiger partial charge is 0.161 e. The first-order chi connectivity index (χ1) is 6.86. The first kappa shape index (κ1) is 9.44. The van der Waals surface area contributed by atoms with Gasteiger partial charge >= 0.3 is 0 Å². The van der Waals surface area contributed by atoms with Gasteiger partial charge in [-0.25, -0.2) is 0 Å². The van der Waals surface area contributed by atoms with Gasteiger partial charge in [0.25, 0.3) is 0 Å². The van der Waals surface area contributed by atoms with Crippen LogP contribution in [0.2, 0.25) is 0 Å². The van der Waals surface area contributed by atoms with Gasteiger partial charge in [-0.05, 0) is 11.1 Å². The van der Waals surface area contributed by atoms with Crippen LogP contribution < -0.4 is 0 Å². The lowest BCUT2D eigenvalue weighted by Gasteiger charge is -2.11. The summed E-state index contributed by atoms with van der Waals surface area (Å²) in [6.07, 6.45) is 0.659. The summed E-state index contributed by atoms with van der Waals surface area (Å²) < 4.78 is 10.7. The highest BCUT2D eigenvalue weighted by atomic mass is 16.7. The number of hydrogen-bond donors (Lipinski definition) is 0. The van der Waals surface area contributed by atoms with Crippen LogP contribution in [0.15, 0.2) is 36.9 Å². The minimum absolute atomic E-state index is 0.0947. The van der Waals surface area contributed by atoms with Gasteiger partial charge in [-0.15, -0.1) is 0 Å². The van der Waals surface area contributed by atoms with Crippen molar-refractivity contribution in [3.8, 4) is 0 Å². The topological polar surface area (TPSA) is 18.5 Å². The molecule has 1 fully saturated rings. The van der Waals surface area contributed by atoms with Gasteiger partial charge in [-0.1, -0.05) is 36.9 Å². The molecule has 1 heterocycles. The molecule has 2 rings (SSSR count). The Morgan fingerprint density at radius 3 is 2.50 bits per heavy atom. The molecule has 0 amide bonds. The zero-order valence-electron chi connectivity index (χ0n) is 8.11. The second kappa shape index (κ2) is 4.40. The Bertz CT molecular complexity index is 299. The van der Waals surface area contributed by atoms with Crippen molar-refractivity contribution in [3.05, 3.63) is 42.5 Å². The quantitative estimate of drug-likeness (QED) is 0.729. The Balaban J connectivity index is 1.95. The molecular weight excluding hydrogens is 176 g/mol. The molecule has 74 valence electrons. The number of ether oxygens (including phenoxy) is 2. The molecule has 0 spiro atoms. The molecule has 0 aromatic heterocycles. The van der Waals surface area contributed by atoms with Crippen molar-refractivity contribution < 1.29 is 9.47 Å². The van der Waals surface area contributed by atoms with Crippen LogP contribution in [0, 0.1) is 0 Å². The number of rotatable bonds is 3. The minimum Gasteiger partial charge on any atom is -0.350 e. The monoisotopic (exact) mass is 190 g/mol. The van der Waals surface area contributed by atoms with Gasteiger partial charge in [0.05, 0.1) is 13.2 Å². The fraction of sp³-hybridized carbons (Fsp3) is 0.333. The molecule has 0 atom stereocenters. The second-order valence-electron chi connectivity index (χ2n) is 3.34. The van der Waals surface area contributed by atoms with Crippen molar-refractivity contribution >= 4 is 5.57 Å². The molecular formula is C12H14O2. The highest BCUT2D eigenvalue weighted by Crippen LogP contribution is 2.21. The van der Waals surface area contributed by atoms with Crippen LogP contribution >= 0.6 is 0 Å². The van der Waals surface area contributed by atoms with Crippen LogP contribution in [0.25, 0.3) is 5.57 Å². The number of benzene rings is 1. The van der Waals surface area contributed by atoms with E-state index in [1.807, 2.05) is 18.2 Å². The van der Waals surface area contributed by atoms with Crippen LogP contribution in [0.4, 0.5) is 0 Å². The van der Waals surface area contributed by atoms with Crippen molar-refractivity contribution in [1.82, 2.24) is 0 Å². The zero-order chi connectivity index (χ0) is 9.80. The van der Waals surface area contributed by atoms with Gasteiger partial charge in [-0.3, -0.25) is 0 Å². The van der Waals surface area contributed by atoms with Crippen molar-refractivity contribution in [2.24, 2.45) is 0 Å². The maximum absolute atomic E-state index is 5.36. The van der Waals surface area contributed by atoms with Crippen LogP contribution in [-0.4, -0.2) is 19.5 Å². The van der Waals surface area contributed by atoms with Gasteiger partial charge in [0, 0.05) is 6.42 Å². The third-order valence-electron chi connectivity index (χ3n) is 2.29. The molecule has 1 aliphatic heterocycles. The van der Waals surface area contributed by atoms with E-state index in [1.54, 1.807) is 0 Å². The molecule has 1 aromatic rings. The fourth-order valence-corrected chi connectivity index (χ4v) is 1.52. The van der Waals surface area contributed by atoms with Crippen LogP contribution in [-0.2, 0) is 9.47 Å². The van der Waals surface area contributed by atoms with Crippen molar-refractivity contribution in [1.29, 1.82) is 0 Å². The molecule has 14 heavy (non-hydrogen) atoms. The third kappa shape index (κ3) is 2.22. The first-order valence-corrected chi connectivity index (χ1v) is 4.82. The molecule has 2 nitrogen and oxygen atoms in total. The SMILES string of the molecule is C=C(CC1OCCO1)c1ccccc1. The van der Waals surface area contributed by atoms with E-state index in [9.17, 15) is 0 Å². The summed E-state index contributed by atoms with van der Waals surface area (Å²) in [5, 5.41) is 0. The highest BCUT2D eigenvalue weighted by Gasteiger charge is 2.17. The predicted molar refractivity (Wildman–Crippen MR) is 55.8 cm³/mol. The summed E-state index contributed by atoms with van der Waals surface area (Å²) in [5.41, 5.74) is 2.23. The summed E-state index contributed by atoms with van der Waals surface area (Å²) in [4.78, 5) is 0. The molecule has 0 saturated carbocycles. The standard InChI is InChI=1S/C12H14O2/c1-10(9-12-13-7-8-14-12)11-5-3-2-4-6-11/h2-6,12H,1,7-9H2. The van der Waals surface area contributed by atoms with Crippen LogP contribution in [0.5, 0.6) is 0 Å². The minimum atomic E-state index is -0.0947. The molecule has 0 radical (unpaired) electrons. The van der Waals surface area contributed by atoms with E-state index in [-0.39, 0.29) is 6.29 Å². The van der Waals surface area contributed by atoms with Crippen LogP contribution in [0.3, 0.4) is 0 Å². The molecule has 0 aliphatic carbocycles. The van der Waals surface area contributed by atoms with Gasteiger partial charge in [0.15, 0.2) is 6.29 Å². The zero-order valence-corrected chi connectivity index (χ0v) is 8.11. The largest absolute Gasteiger partial charge is 0.350 e. The molecule has 1 saturated heterocycles. The molecule has 0 bridgehead atoms. The van der Waals surface area contributed by atoms with E-state index in [4.69, 9.17) is 9.47 Å². The lowest BCUT2D eigenvalue weighted by Crippen LogP contribution is -2.07. The Kier molecular flexibility index (Phi) is 2.96. The van der Waals surface area contributed by atoms with E-state index in [1.165, 1.54) is 0 Å². The fourth-order valence-electron chi connectivity index (χ4n) is 1.52. The number of hydrogen-bond acceptors (Lipinski definition) is 2. The van der Waals surface area contributed by atoms with Crippen molar-refractivity contribution in [3.63, 3.8) is 0 Å². The van der Waals surface area contributed by atoms with E-state index >= 15 is 0 Å². The van der Waals surface area contributed by atoms with Gasteiger partial charge in [0.1, 0.15) is 0 Å². The molecule has 1 aliphatic rings. The molecule has 0 unspecified atom stereocenters. The molecule has 0 N–H and O–H groups in total.